The second kappa shape index (κ2) is 8.55. The standard InChI is InChI=1S/C25H23N3O4/c1-25(2)24(31)28(16-22(29)26-18-9-5-3-6-10-18)20-15-17(13-14-21(20)32-25)23(30)27-19-11-7-4-8-12-19/h3-15H,16H2,1-2H3,(H,26,29)(H,27,30). The van der Waals surface area contributed by atoms with Gasteiger partial charge >= 0.3 is 0 Å². The summed E-state index contributed by atoms with van der Waals surface area (Å²) in [6.07, 6.45) is 0. The molecule has 0 atom stereocenters. The van der Waals surface area contributed by atoms with Crippen molar-refractivity contribution in [2.75, 3.05) is 22.1 Å². The number of nitrogens with zero attached hydrogens (tertiary/aromatic N) is 1. The number of rotatable bonds is 5. The minimum absolute atomic E-state index is 0.211. The Hall–Kier alpha value is -4.13. The van der Waals surface area contributed by atoms with Crippen molar-refractivity contribution in [2.24, 2.45) is 0 Å². The average molecular weight is 429 g/mol. The van der Waals surface area contributed by atoms with Crippen molar-refractivity contribution in [3.8, 4) is 5.75 Å². The van der Waals surface area contributed by atoms with Crippen molar-refractivity contribution < 1.29 is 19.1 Å². The SMILES string of the molecule is CC1(C)Oc2ccc(C(=O)Nc3ccccc3)cc2N(CC(=O)Nc2ccccc2)C1=O. The minimum atomic E-state index is -1.14. The first-order valence-corrected chi connectivity index (χ1v) is 10.2. The van der Waals surface area contributed by atoms with E-state index in [4.69, 9.17) is 4.74 Å². The van der Waals surface area contributed by atoms with Crippen molar-refractivity contribution in [3.05, 3.63) is 84.4 Å². The lowest BCUT2D eigenvalue weighted by molar-refractivity contribution is -0.133. The number of benzene rings is 3. The van der Waals surface area contributed by atoms with Gasteiger partial charge in [-0.1, -0.05) is 36.4 Å². The minimum Gasteiger partial charge on any atom is -0.476 e. The maximum atomic E-state index is 13.1. The Morgan fingerprint density at radius 3 is 2.09 bits per heavy atom. The van der Waals surface area contributed by atoms with Crippen LogP contribution in [0.5, 0.6) is 5.75 Å². The summed E-state index contributed by atoms with van der Waals surface area (Å²) in [6, 6.07) is 22.9. The van der Waals surface area contributed by atoms with Gasteiger partial charge < -0.3 is 15.4 Å². The van der Waals surface area contributed by atoms with Crippen molar-refractivity contribution >= 4 is 34.8 Å². The molecular formula is C25H23N3O4. The highest BCUT2D eigenvalue weighted by Crippen LogP contribution is 2.38. The van der Waals surface area contributed by atoms with Crippen LogP contribution in [0, 0.1) is 0 Å². The molecule has 32 heavy (non-hydrogen) atoms. The van der Waals surface area contributed by atoms with Crippen LogP contribution in [0.4, 0.5) is 17.1 Å². The van der Waals surface area contributed by atoms with E-state index in [1.54, 1.807) is 56.3 Å². The molecule has 0 unspecified atom stereocenters. The molecule has 3 amide bonds. The first kappa shape index (κ1) is 21.1. The molecule has 2 N–H and O–H groups in total. The van der Waals surface area contributed by atoms with Gasteiger partial charge in [0, 0.05) is 16.9 Å². The number of para-hydroxylation sites is 2. The number of anilines is 3. The third-order valence-corrected chi connectivity index (χ3v) is 5.03. The summed E-state index contributed by atoms with van der Waals surface area (Å²) < 4.78 is 5.86. The van der Waals surface area contributed by atoms with E-state index >= 15 is 0 Å². The van der Waals surface area contributed by atoms with Gasteiger partial charge in [0.2, 0.25) is 5.91 Å². The van der Waals surface area contributed by atoms with Gasteiger partial charge in [-0.2, -0.15) is 0 Å². The molecule has 1 heterocycles. The third-order valence-electron chi connectivity index (χ3n) is 5.03. The van der Waals surface area contributed by atoms with Crippen LogP contribution in [0.15, 0.2) is 78.9 Å². The van der Waals surface area contributed by atoms with Gasteiger partial charge in [0.15, 0.2) is 5.60 Å². The summed E-state index contributed by atoms with van der Waals surface area (Å²) in [5, 5.41) is 5.60. The normalized spacial score (nSPS) is 14.2. The summed E-state index contributed by atoms with van der Waals surface area (Å²) in [5.41, 5.74) is 0.861. The summed E-state index contributed by atoms with van der Waals surface area (Å²) in [6.45, 7) is 3.09. The van der Waals surface area contributed by atoms with E-state index in [0.717, 1.165) is 0 Å². The maximum Gasteiger partial charge on any atom is 0.271 e. The highest BCUT2D eigenvalue weighted by molar-refractivity contribution is 6.10. The molecule has 0 radical (unpaired) electrons. The highest BCUT2D eigenvalue weighted by atomic mass is 16.5. The molecule has 0 aliphatic carbocycles. The van der Waals surface area contributed by atoms with Gasteiger partial charge in [0.05, 0.1) is 5.69 Å². The number of nitrogens with one attached hydrogen (secondary N) is 2. The summed E-state index contributed by atoms with van der Waals surface area (Å²) in [5.74, 6) is -0.621. The van der Waals surface area contributed by atoms with Gasteiger partial charge in [-0.05, 0) is 56.3 Å². The Balaban J connectivity index is 1.61. The van der Waals surface area contributed by atoms with Gasteiger partial charge in [-0.25, -0.2) is 0 Å². The molecule has 162 valence electrons. The zero-order chi connectivity index (χ0) is 22.7. The predicted molar refractivity (Wildman–Crippen MR) is 123 cm³/mol. The molecular weight excluding hydrogens is 406 g/mol. The molecule has 0 fully saturated rings. The van der Waals surface area contributed by atoms with Gasteiger partial charge in [-0.3, -0.25) is 19.3 Å². The summed E-state index contributed by atoms with van der Waals surface area (Å²) in [4.78, 5) is 39.9. The van der Waals surface area contributed by atoms with Crippen molar-refractivity contribution in [2.45, 2.75) is 19.4 Å². The number of hydrogen-bond donors (Lipinski definition) is 2. The molecule has 0 saturated heterocycles. The van der Waals surface area contributed by atoms with E-state index in [0.29, 0.717) is 28.4 Å². The predicted octanol–water partition coefficient (Wildman–Crippen LogP) is 4.08. The quantitative estimate of drug-likeness (QED) is 0.640. The second-order valence-corrected chi connectivity index (χ2v) is 7.92. The van der Waals surface area contributed by atoms with Crippen LogP contribution < -0.4 is 20.3 Å². The van der Waals surface area contributed by atoms with Gasteiger partial charge in [0.1, 0.15) is 12.3 Å². The van der Waals surface area contributed by atoms with E-state index in [1.807, 2.05) is 36.4 Å². The smallest absolute Gasteiger partial charge is 0.271 e. The van der Waals surface area contributed by atoms with Gasteiger partial charge in [0.25, 0.3) is 11.8 Å². The Kier molecular flexibility index (Phi) is 5.64. The van der Waals surface area contributed by atoms with Crippen LogP contribution in [0.3, 0.4) is 0 Å². The Labute approximate surface area is 186 Å². The molecule has 4 rings (SSSR count). The molecule has 3 aromatic carbocycles. The monoisotopic (exact) mass is 429 g/mol. The lowest BCUT2D eigenvalue weighted by Gasteiger charge is -2.38. The number of carbonyl (C=O) groups excluding carboxylic acids is 3. The van der Waals surface area contributed by atoms with E-state index < -0.39 is 5.60 Å². The van der Waals surface area contributed by atoms with Crippen molar-refractivity contribution in [3.63, 3.8) is 0 Å². The van der Waals surface area contributed by atoms with Crippen LogP contribution in [-0.4, -0.2) is 29.9 Å². The molecule has 1 aliphatic heterocycles. The van der Waals surface area contributed by atoms with Gasteiger partial charge in [-0.15, -0.1) is 0 Å². The van der Waals surface area contributed by atoms with Crippen LogP contribution >= 0.6 is 0 Å². The molecule has 0 bridgehead atoms. The van der Waals surface area contributed by atoms with Crippen molar-refractivity contribution in [1.82, 2.24) is 0 Å². The fourth-order valence-electron chi connectivity index (χ4n) is 3.46. The zero-order valence-corrected chi connectivity index (χ0v) is 17.8. The molecule has 3 aromatic rings. The number of fused-ring (bicyclic) bond motifs is 1. The van der Waals surface area contributed by atoms with E-state index in [9.17, 15) is 14.4 Å². The Bertz CT molecular complexity index is 1160. The fourth-order valence-corrected chi connectivity index (χ4v) is 3.46. The zero-order valence-electron chi connectivity index (χ0n) is 17.8. The average Bonchev–Trinajstić information content (AvgIpc) is 2.78. The van der Waals surface area contributed by atoms with E-state index in [-0.39, 0.29) is 24.3 Å². The molecule has 7 nitrogen and oxygen atoms in total. The van der Waals surface area contributed by atoms with E-state index in [1.165, 1.54) is 4.90 Å². The fraction of sp³-hybridized carbons (Fsp3) is 0.160. The van der Waals surface area contributed by atoms with Crippen LogP contribution in [0.1, 0.15) is 24.2 Å². The third kappa shape index (κ3) is 4.46. The molecule has 0 spiro atoms. The number of amides is 3. The topological polar surface area (TPSA) is 87.7 Å². The Morgan fingerprint density at radius 1 is 0.875 bits per heavy atom. The first-order chi connectivity index (χ1) is 15.3. The number of hydrogen-bond acceptors (Lipinski definition) is 4. The highest BCUT2D eigenvalue weighted by Gasteiger charge is 2.41. The molecule has 1 aliphatic rings. The lowest BCUT2D eigenvalue weighted by Crippen LogP contribution is -2.54. The van der Waals surface area contributed by atoms with Crippen LogP contribution in [0.2, 0.25) is 0 Å². The maximum absolute atomic E-state index is 13.1. The summed E-state index contributed by atoms with van der Waals surface area (Å²) in [7, 11) is 0. The number of ether oxygens (including phenoxy) is 1. The second-order valence-electron chi connectivity index (χ2n) is 7.92. The Morgan fingerprint density at radius 2 is 1.47 bits per heavy atom. The molecule has 0 saturated carbocycles. The summed E-state index contributed by atoms with van der Waals surface area (Å²) >= 11 is 0. The lowest BCUT2D eigenvalue weighted by atomic mass is 10.0. The largest absolute Gasteiger partial charge is 0.476 e. The van der Waals surface area contributed by atoms with Crippen LogP contribution in [0.25, 0.3) is 0 Å². The first-order valence-electron chi connectivity index (χ1n) is 10.2. The molecule has 7 heteroatoms. The van der Waals surface area contributed by atoms with E-state index in [2.05, 4.69) is 10.6 Å². The van der Waals surface area contributed by atoms with Crippen molar-refractivity contribution in [1.29, 1.82) is 0 Å². The van der Waals surface area contributed by atoms with Crippen LogP contribution in [-0.2, 0) is 9.59 Å². The molecule has 0 aromatic heterocycles. The number of carbonyl (C=O) groups is 3.